The van der Waals surface area contributed by atoms with Crippen LogP contribution < -0.4 is 11.1 Å². The monoisotopic (exact) mass is 266 g/mol. The molecule has 18 heavy (non-hydrogen) atoms. The van der Waals surface area contributed by atoms with Gasteiger partial charge in [-0.1, -0.05) is 17.4 Å². The van der Waals surface area contributed by atoms with Gasteiger partial charge in [-0.3, -0.25) is 10.1 Å². The van der Waals surface area contributed by atoms with Gasteiger partial charge >= 0.3 is 0 Å². The summed E-state index contributed by atoms with van der Waals surface area (Å²) in [5, 5.41) is 11.4. The number of nitrogens with zero attached hydrogens (tertiary/aromatic N) is 2. The molecule has 0 bridgehead atoms. The van der Waals surface area contributed by atoms with E-state index in [4.69, 9.17) is 5.73 Å². The second-order valence-corrected chi connectivity index (χ2v) is 4.57. The van der Waals surface area contributed by atoms with Gasteiger partial charge in [0, 0.05) is 12.0 Å². The zero-order valence-electron chi connectivity index (χ0n) is 9.39. The van der Waals surface area contributed by atoms with Crippen molar-refractivity contribution in [1.82, 2.24) is 10.2 Å². The van der Waals surface area contributed by atoms with E-state index in [1.165, 1.54) is 29.5 Å². The van der Waals surface area contributed by atoms with Gasteiger partial charge in [-0.15, -0.1) is 10.2 Å². The highest BCUT2D eigenvalue weighted by molar-refractivity contribution is 7.15. The third-order valence-corrected chi connectivity index (χ3v) is 3.03. The Morgan fingerprint density at radius 2 is 2.28 bits per heavy atom. The minimum Gasteiger partial charge on any atom is -0.330 e. The molecule has 7 heteroatoms. The summed E-state index contributed by atoms with van der Waals surface area (Å²) in [5.41, 5.74) is 5.63. The minimum atomic E-state index is -0.455. The highest BCUT2D eigenvalue weighted by Gasteiger charge is 2.10. The zero-order chi connectivity index (χ0) is 13.0. The molecule has 0 fully saturated rings. The molecule has 1 aromatic carbocycles. The molecule has 0 atom stereocenters. The van der Waals surface area contributed by atoms with Crippen LogP contribution in [0.2, 0.25) is 0 Å². The molecule has 0 saturated carbocycles. The first-order chi connectivity index (χ1) is 8.69. The predicted octanol–water partition coefficient (Wildman–Crippen LogP) is 1.43. The molecule has 0 unspecified atom stereocenters. The van der Waals surface area contributed by atoms with Gasteiger partial charge in [0.15, 0.2) is 0 Å². The molecule has 5 nitrogen and oxygen atoms in total. The van der Waals surface area contributed by atoms with Gasteiger partial charge in [-0.05, 0) is 24.7 Å². The Bertz CT molecular complexity index is 557. The van der Waals surface area contributed by atoms with Gasteiger partial charge in [0.25, 0.3) is 5.91 Å². The molecule has 2 rings (SSSR count). The topological polar surface area (TPSA) is 80.9 Å². The van der Waals surface area contributed by atoms with E-state index in [2.05, 4.69) is 15.5 Å². The van der Waals surface area contributed by atoms with Crippen molar-refractivity contribution in [2.75, 3.05) is 11.9 Å². The molecular weight excluding hydrogens is 255 g/mol. The van der Waals surface area contributed by atoms with Crippen molar-refractivity contribution in [3.63, 3.8) is 0 Å². The molecule has 94 valence electrons. The molecule has 0 aliphatic carbocycles. The van der Waals surface area contributed by atoms with Crippen molar-refractivity contribution in [3.8, 4) is 0 Å². The van der Waals surface area contributed by atoms with E-state index in [0.717, 1.165) is 11.1 Å². The summed E-state index contributed by atoms with van der Waals surface area (Å²) in [5.74, 6) is -0.867. The third kappa shape index (κ3) is 3.08. The Morgan fingerprint density at radius 3 is 3.00 bits per heavy atom. The first kappa shape index (κ1) is 12.6. The SMILES string of the molecule is NCCc1nnc(NC(=O)c2cccc(F)c2)s1. The van der Waals surface area contributed by atoms with Crippen LogP contribution in [0.25, 0.3) is 0 Å². The molecule has 3 N–H and O–H groups in total. The van der Waals surface area contributed by atoms with Gasteiger partial charge in [0.2, 0.25) is 5.13 Å². The van der Waals surface area contributed by atoms with Crippen LogP contribution in [0.15, 0.2) is 24.3 Å². The number of benzene rings is 1. The lowest BCUT2D eigenvalue weighted by Crippen LogP contribution is -2.11. The number of nitrogens with two attached hydrogens (primary N) is 1. The van der Waals surface area contributed by atoms with E-state index in [0.29, 0.717) is 18.1 Å². The molecule has 1 aromatic heterocycles. The van der Waals surface area contributed by atoms with E-state index in [-0.39, 0.29) is 5.56 Å². The highest BCUT2D eigenvalue weighted by atomic mass is 32.1. The maximum Gasteiger partial charge on any atom is 0.257 e. The Kier molecular flexibility index (Phi) is 3.96. The van der Waals surface area contributed by atoms with E-state index < -0.39 is 11.7 Å². The van der Waals surface area contributed by atoms with E-state index in [1.54, 1.807) is 0 Å². The van der Waals surface area contributed by atoms with Crippen molar-refractivity contribution in [2.45, 2.75) is 6.42 Å². The average molecular weight is 266 g/mol. The number of anilines is 1. The zero-order valence-corrected chi connectivity index (χ0v) is 10.2. The number of hydrogen-bond donors (Lipinski definition) is 2. The number of aromatic nitrogens is 2. The van der Waals surface area contributed by atoms with E-state index >= 15 is 0 Å². The van der Waals surface area contributed by atoms with Gasteiger partial charge in [-0.25, -0.2) is 4.39 Å². The second-order valence-electron chi connectivity index (χ2n) is 3.50. The summed E-state index contributed by atoms with van der Waals surface area (Å²) >= 11 is 1.26. The summed E-state index contributed by atoms with van der Waals surface area (Å²) < 4.78 is 13.0. The number of halogens is 1. The predicted molar refractivity (Wildman–Crippen MR) is 67.0 cm³/mol. The highest BCUT2D eigenvalue weighted by Crippen LogP contribution is 2.16. The van der Waals surface area contributed by atoms with Crippen LogP contribution >= 0.6 is 11.3 Å². The molecular formula is C11H11FN4OS. The number of nitrogens with one attached hydrogen (secondary N) is 1. The molecule has 0 aliphatic heterocycles. The number of carbonyl (C=O) groups excluding carboxylic acids is 1. The van der Waals surface area contributed by atoms with Crippen LogP contribution in [0.4, 0.5) is 9.52 Å². The van der Waals surface area contributed by atoms with Gasteiger partial charge in [-0.2, -0.15) is 0 Å². The normalized spacial score (nSPS) is 10.3. The van der Waals surface area contributed by atoms with Crippen molar-refractivity contribution in [2.24, 2.45) is 5.73 Å². The van der Waals surface area contributed by atoms with Crippen molar-refractivity contribution in [1.29, 1.82) is 0 Å². The fraction of sp³-hybridized carbons (Fsp3) is 0.182. The Labute approximate surface area is 107 Å². The molecule has 0 radical (unpaired) electrons. The van der Waals surface area contributed by atoms with Gasteiger partial charge in [0.1, 0.15) is 10.8 Å². The Hall–Kier alpha value is -1.86. The molecule has 0 spiro atoms. The van der Waals surface area contributed by atoms with Crippen LogP contribution in [0.3, 0.4) is 0 Å². The van der Waals surface area contributed by atoms with E-state index in [1.807, 2.05) is 0 Å². The lowest BCUT2D eigenvalue weighted by molar-refractivity contribution is 0.102. The Balaban J connectivity index is 2.06. The lowest BCUT2D eigenvalue weighted by atomic mass is 10.2. The maximum atomic E-state index is 13.0. The fourth-order valence-electron chi connectivity index (χ4n) is 1.33. The number of rotatable bonds is 4. The minimum absolute atomic E-state index is 0.241. The summed E-state index contributed by atoms with van der Waals surface area (Å²) in [4.78, 5) is 11.8. The van der Waals surface area contributed by atoms with Crippen LogP contribution in [0.5, 0.6) is 0 Å². The Morgan fingerprint density at radius 1 is 1.44 bits per heavy atom. The molecule has 0 aliphatic rings. The molecule has 1 amide bonds. The van der Waals surface area contributed by atoms with Crippen LogP contribution in [0.1, 0.15) is 15.4 Å². The average Bonchev–Trinajstić information content (AvgIpc) is 2.77. The largest absolute Gasteiger partial charge is 0.330 e. The van der Waals surface area contributed by atoms with Crippen molar-refractivity contribution >= 4 is 22.4 Å². The van der Waals surface area contributed by atoms with Crippen molar-refractivity contribution < 1.29 is 9.18 Å². The van der Waals surface area contributed by atoms with Crippen molar-refractivity contribution in [3.05, 3.63) is 40.7 Å². The van der Waals surface area contributed by atoms with E-state index in [9.17, 15) is 9.18 Å². The van der Waals surface area contributed by atoms with Crippen LogP contribution in [-0.2, 0) is 6.42 Å². The first-order valence-corrected chi connectivity index (χ1v) is 6.10. The fourth-order valence-corrected chi connectivity index (χ4v) is 2.08. The summed E-state index contributed by atoms with van der Waals surface area (Å²) in [6.45, 7) is 0.479. The molecule has 2 aromatic rings. The standard InChI is InChI=1S/C11H11FN4OS/c12-8-3-1-2-7(6-8)10(17)14-11-16-15-9(18-11)4-5-13/h1-3,6H,4-5,13H2,(H,14,16,17). The summed E-state index contributed by atoms with van der Waals surface area (Å²) in [7, 11) is 0. The molecule has 1 heterocycles. The second kappa shape index (κ2) is 5.65. The number of carbonyl (C=O) groups is 1. The van der Waals surface area contributed by atoms with Gasteiger partial charge < -0.3 is 5.73 Å². The summed E-state index contributed by atoms with van der Waals surface area (Å²) in [6.07, 6.45) is 0.619. The smallest absolute Gasteiger partial charge is 0.257 e. The quantitative estimate of drug-likeness (QED) is 0.877. The first-order valence-electron chi connectivity index (χ1n) is 5.28. The van der Waals surface area contributed by atoms with Crippen LogP contribution in [-0.4, -0.2) is 22.6 Å². The summed E-state index contributed by atoms with van der Waals surface area (Å²) in [6, 6.07) is 5.45. The molecule has 0 saturated heterocycles. The third-order valence-electron chi connectivity index (χ3n) is 2.13. The van der Waals surface area contributed by atoms with Gasteiger partial charge in [0.05, 0.1) is 0 Å². The maximum absolute atomic E-state index is 13.0. The number of hydrogen-bond acceptors (Lipinski definition) is 5. The number of amides is 1. The lowest BCUT2D eigenvalue weighted by Gasteiger charge is -2.00. The van der Waals surface area contributed by atoms with Crippen LogP contribution in [0, 0.1) is 5.82 Å².